The van der Waals surface area contributed by atoms with Crippen molar-refractivity contribution in [1.29, 1.82) is 0 Å². The highest BCUT2D eigenvalue weighted by molar-refractivity contribution is 5.71. The molecule has 1 unspecified atom stereocenters. The molecule has 0 saturated heterocycles. The van der Waals surface area contributed by atoms with E-state index in [2.05, 4.69) is 142 Å². The normalized spacial score (nSPS) is 13.0. The van der Waals surface area contributed by atoms with E-state index >= 15 is 0 Å². The molecular weight excluding hydrogens is 913 g/mol. The molecule has 0 radical (unpaired) electrons. The minimum atomic E-state index is -0.811. The van der Waals surface area contributed by atoms with Gasteiger partial charge < -0.3 is 14.2 Å². The van der Waals surface area contributed by atoms with Crippen LogP contribution in [0.25, 0.3) is 0 Å². The number of carbonyl (C=O) groups is 3. The summed E-state index contributed by atoms with van der Waals surface area (Å²) in [5.41, 5.74) is 0. The largest absolute Gasteiger partial charge is 0.462 e. The molecule has 420 valence electrons. The van der Waals surface area contributed by atoms with Crippen molar-refractivity contribution in [2.75, 3.05) is 13.2 Å². The van der Waals surface area contributed by atoms with Crippen LogP contribution in [0.1, 0.15) is 271 Å². The Labute approximate surface area is 456 Å². The van der Waals surface area contributed by atoms with Gasteiger partial charge in [0.25, 0.3) is 0 Å². The second kappa shape index (κ2) is 61.4. The van der Waals surface area contributed by atoms with Gasteiger partial charge in [-0.3, -0.25) is 14.4 Å². The fraction of sp³-hybridized carbons (Fsp3) is 0.662. The lowest BCUT2D eigenvalue weighted by atomic mass is 10.0. The van der Waals surface area contributed by atoms with E-state index in [1.54, 1.807) is 0 Å². The number of rotatable bonds is 54. The predicted octanol–water partition coefficient (Wildman–Crippen LogP) is 20.8. The van der Waals surface area contributed by atoms with Crippen LogP contribution in [0, 0.1) is 0 Å². The van der Waals surface area contributed by atoms with Gasteiger partial charge in [0.2, 0.25) is 0 Å². The molecule has 0 heterocycles. The van der Waals surface area contributed by atoms with Crippen LogP contribution >= 0.6 is 0 Å². The molecule has 0 amide bonds. The van der Waals surface area contributed by atoms with Crippen LogP contribution in [0.5, 0.6) is 0 Å². The zero-order valence-electron chi connectivity index (χ0n) is 48.1. The summed E-state index contributed by atoms with van der Waals surface area (Å²) in [6, 6.07) is 0. The van der Waals surface area contributed by atoms with E-state index in [4.69, 9.17) is 14.2 Å². The first-order chi connectivity index (χ1) is 36.5. The second-order valence-electron chi connectivity index (χ2n) is 19.9. The minimum Gasteiger partial charge on any atom is -0.462 e. The molecule has 0 fully saturated rings. The molecule has 0 aliphatic rings. The van der Waals surface area contributed by atoms with E-state index in [1.807, 2.05) is 0 Å². The highest BCUT2D eigenvalue weighted by Gasteiger charge is 2.19. The summed E-state index contributed by atoms with van der Waals surface area (Å²) in [6.45, 7) is 6.45. The first-order valence-electron chi connectivity index (χ1n) is 30.5. The van der Waals surface area contributed by atoms with Crippen LogP contribution in [0.15, 0.2) is 122 Å². The Hall–Kier alpha value is -4.19. The van der Waals surface area contributed by atoms with Crippen molar-refractivity contribution >= 4 is 17.9 Å². The molecule has 0 aromatic heterocycles. The molecule has 0 aromatic rings. The third-order valence-electron chi connectivity index (χ3n) is 12.7. The second-order valence-corrected chi connectivity index (χ2v) is 19.9. The van der Waals surface area contributed by atoms with Gasteiger partial charge in [0.05, 0.1) is 0 Å². The molecule has 0 N–H and O–H groups in total. The van der Waals surface area contributed by atoms with Gasteiger partial charge in [-0.25, -0.2) is 0 Å². The molecule has 0 rings (SSSR count). The van der Waals surface area contributed by atoms with Gasteiger partial charge in [-0.2, -0.15) is 0 Å². The van der Waals surface area contributed by atoms with Crippen molar-refractivity contribution in [3.8, 4) is 0 Å². The number of ether oxygens (including phenoxy) is 3. The average Bonchev–Trinajstić information content (AvgIpc) is 3.40. The Kier molecular flexibility index (Phi) is 57.9. The van der Waals surface area contributed by atoms with Gasteiger partial charge in [0.1, 0.15) is 13.2 Å². The minimum absolute atomic E-state index is 0.102. The summed E-state index contributed by atoms with van der Waals surface area (Å²) in [4.78, 5) is 38.2. The lowest BCUT2D eigenvalue weighted by Gasteiger charge is -2.18. The fourth-order valence-corrected chi connectivity index (χ4v) is 8.14. The van der Waals surface area contributed by atoms with Crippen LogP contribution in [0.2, 0.25) is 0 Å². The SMILES string of the molecule is CC/C=C\C/C=C\C/C=C\C/C=C\C/C=C\C/C=C\C/C=C\CCCC(=O)OCC(COC(=O)CCCCCCCCCCCCCCCC)OC(=O)CCCCCCCC/C=C\C/C=C\C/C=C\CCCCC. The smallest absolute Gasteiger partial charge is 0.306 e. The van der Waals surface area contributed by atoms with Gasteiger partial charge in [0, 0.05) is 19.3 Å². The highest BCUT2D eigenvalue weighted by Crippen LogP contribution is 2.15. The van der Waals surface area contributed by atoms with Crippen molar-refractivity contribution < 1.29 is 28.6 Å². The van der Waals surface area contributed by atoms with Crippen LogP contribution in [0.4, 0.5) is 0 Å². The van der Waals surface area contributed by atoms with Crippen molar-refractivity contribution in [2.24, 2.45) is 0 Å². The predicted molar refractivity (Wildman–Crippen MR) is 320 cm³/mol. The van der Waals surface area contributed by atoms with Crippen molar-refractivity contribution in [3.63, 3.8) is 0 Å². The van der Waals surface area contributed by atoms with Crippen LogP contribution in [-0.4, -0.2) is 37.2 Å². The zero-order valence-corrected chi connectivity index (χ0v) is 48.1. The Morgan fingerprint density at radius 1 is 0.284 bits per heavy atom. The van der Waals surface area contributed by atoms with Crippen LogP contribution in [-0.2, 0) is 28.6 Å². The van der Waals surface area contributed by atoms with Crippen LogP contribution < -0.4 is 0 Å². The first kappa shape index (κ1) is 69.8. The van der Waals surface area contributed by atoms with E-state index in [0.29, 0.717) is 19.3 Å². The van der Waals surface area contributed by atoms with E-state index in [0.717, 1.165) is 116 Å². The lowest BCUT2D eigenvalue weighted by molar-refractivity contribution is -0.167. The number of hydrogen-bond donors (Lipinski definition) is 0. The van der Waals surface area contributed by atoms with Gasteiger partial charge in [-0.15, -0.1) is 0 Å². The fourth-order valence-electron chi connectivity index (χ4n) is 8.14. The summed E-state index contributed by atoms with van der Waals surface area (Å²) < 4.78 is 16.8. The van der Waals surface area contributed by atoms with Crippen molar-refractivity contribution in [1.82, 2.24) is 0 Å². The molecule has 1 atom stereocenters. The zero-order chi connectivity index (χ0) is 53.6. The monoisotopic (exact) mass is 1020 g/mol. The Balaban J connectivity index is 4.50. The molecule has 6 nitrogen and oxygen atoms in total. The number of hydrogen-bond acceptors (Lipinski definition) is 6. The van der Waals surface area contributed by atoms with E-state index in [9.17, 15) is 14.4 Å². The lowest BCUT2D eigenvalue weighted by Crippen LogP contribution is -2.30. The molecule has 0 spiro atoms. The maximum absolute atomic E-state index is 12.9. The Bertz CT molecular complexity index is 1550. The Morgan fingerprint density at radius 3 is 0.905 bits per heavy atom. The third kappa shape index (κ3) is 58.7. The quantitative estimate of drug-likeness (QED) is 0.0261. The van der Waals surface area contributed by atoms with Crippen molar-refractivity contribution in [3.05, 3.63) is 122 Å². The number of allylic oxidation sites excluding steroid dienone is 20. The summed E-state index contributed by atoms with van der Waals surface area (Å²) in [5, 5.41) is 0. The molecule has 0 aliphatic carbocycles. The summed E-state index contributed by atoms with van der Waals surface area (Å²) >= 11 is 0. The number of carbonyl (C=O) groups excluding carboxylic acids is 3. The highest BCUT2D eigenvalue weighted by atomic mass is 16.6. The number of unbranched alkanes of at least 4 members (excludes halogenated alkanes) is 23. The maximum Gasteiger partial charge on any atom is 0.306 e. The maximum atomic E-state index is 12.9. The molecule has 0 saturated carbocycles. The van der Waals surface area contributed by atoms with Crippen LogP contribution in [0.3, 0.4) is 0 Å². The van der Waals surface area contributed by atoms with Gasteiger partial charge in [-0.1, -0.05) is 264 Å². The van der Waals surface area contributed by atoms with E-state index < -0.39 is 6.10 Å². The molecule has 0 aromatic carbocycles. The van der Waals surface area contributed by atoms with Gasteiger partial charge in [0.15, 0.2) is 6.10 Å². The average molecular weight is 1030 g/mol. The molecule has 6 heteroatoms. The van der Waals surface area contributed by atoms with E-state index in [-0.39, 0.29) is 37.5 Å². The summed E-state index contributed by atoms with van der Waals surface area (Å²) in [6.07, 6.45) is 84.8. The van der Waals surface area contributed by atoms with Gasteiger partial charge in [-0.05, 0) is 109 Å². The molecule has 0 bridgehead atoms. The number of esters is 3. The van der Waals surface area contributed by atoms with Crippen molar-refractivity contribution in [2.45, 2.75) is 277 Å². The first-order valence-corrected chi connectivity index (χ1v) is 30.5. The molecule has 0 aliphatic heterocycles. The standard InChI is InChI=1S/C68H112O6/c1-4-7-10-13-16-19-22-25-28-30-32-33-34-35-37-38-40-43-46-49-52-55-58-61-67(70)73-64-65(63-72-66(69)60-57-54-51-48-45-42-27-24-21-18-15-12-9-6-3)74-68(71)62-59-56-53-50-47-44-41-39-36-31-29-26-23-20-17-14-11-8-5-2/h7,10,16-17,19-20,25-26,28-29,32-33,35-37,39-40,43,49,52,65H,4-6,8-9,11-15,18,21-24,27,30-31,34,38,41-42,44-48,50-51,53-64H2,1-3H3/b10-7-,19-16-,20-17-,28-25-,29-26-,33-32-,37-35-,39-36-,43-40-,52-49-. The topological polar surface area (TPSA) is 78.9 Å². The summed E-state index contributed by atoms with van der Waals surface area (Å²) in [5.74, 6) is -0.974. The molecular formula is C68H112O6. The summed E-state index contributed by atoms with van der Waals surface area (Å²) in [7, 11) is 0. The van der Waals surface area contributed by atoms with Gasteiger partial charge >= 0.3 is 17.9 Å². The third-order valence-corrected chi connectivity index (χ3v) is 12.7. The molecule has 74 heavy (non-hydrogen) atoms. The van der Waals surface area contributed by atoms with E-state index in [1.165, 1.54) is 109 Å². The Morgan fingerprint density at radius 2 is 0.541 bits per heavy atom.